The Balaban J connectivity index is 1.14. The molecule has 0 spiro atoms. The van der Waals surface area contributed by atoms with E-state index >= 15 is 0 Å². The first kappa shape index (κ1) is 23.2. The van der Waals surface area contributed by atoms with Gasteiger partial charge in [-0.25, -0.2) is 9.97 Å². The molecule has 1 saturated carbocycles. The van der Waals surface area contributed by atoms with Crippen molar-refractivity contribution in [2.24, 2.45) is 0 Å². The van der Waals surface area contributed by atoms with E-state index in [4.69, 9.17) is 9.97 Å². The maximum absolute atomic E-state index is 4.86. The van der Waals surface area contributed by atoms with Gasteiger partial charge in [-0.05, 0) is 113 Å². The molecule has 3 unspecified atom stereocenters. The molecule has 2 N–H and O–H groups in total. The van der Waals surface area contributed by atoms with E-state index in [1.165, 1.54) is 71.5 Å². The van der Waals surface area contributed by atoms with Crippen LogP contribution in [-0.4, -0.2) is 56.9 Å². The summed E-state index contributed by atoms with van der Waals surface area (Å²) in [6.07, 6.45) is 13.0. The number of nitrogens with zero attached hydrogens (tertiary/aromatic N) is 4. The number of rotatable bonds is 5. The predicted octanol–water partition coefficient (Wildman–Crippen LogP) is 7.09. The van der Waals surface area contributed by atoms with E-state index in [1.807, 2.05) is 17.5 Å². The number of aromatic nitrogens is 4. The number of imidazole rings is 2. The molecular weight excluding hydrogens is 488 g/mol. The lowest BCUT2D eigenvalue weighted by atomic mass is 9.84. The van der Waals surface area contributed by atoms with Gasteiger partial charge in [-0.2, -0.15) is 0 Å². The van der Waals surface area contributed by atoms with Crippen molar-refractivity contribution in [1.29, 1.82) is 0 Å². The average molecular weight is 525 g/mol. The second-order valence-electron chi connectivity index (χ2n) is 12.0. The first-order valence-electron chi connectivity index (χ1n) is 14.4. The van der Waals surface area contributed by atoms with Crippen LogP contribution in [0.25, 0.3) is 32.3 Å². The molecule has 4 aliphatic rings. The molecule has 4 atom stereocenters. The van der Waals surface area contributed by atoms with Gasteiger partial charge in [0, 0.05) is 10.4 Å². The van der Waals surface area contributed by atoms with E-state index in [9.17, 15) is 0 Å². The SMILES string of the molecule is CN1CCCC1c1ncc(-c2ccc(-c3ccc(-c4cnc([C@@H]5CCCN5C)[nH]4)s3)c3c2C2CCC3C2)[nH]1. The van der Waals surface area contributed by atoms with E-state index in [-0.39, 0.29) is 0 Å². The van der Waals surface area contributed by atoms with Gasteiger partial charge >= 0.3 is 0 Å². The zero-order chi connectivity index (χ0) is 25.4. The minimum atomic E-state index is 0.423. The fourth-order valence-electron chi connectivity index (χ4n) is 7.88. The monoisotopic (exact) mass is 524 g/mol. The van der Waals surface area contributed by atoms with Gasteiger partial charge in [0.05, 0.1) is 40.7 Å². The number of H-pyrrole nitrogens is 2. The molecule has 196 valence electrons. The first-order valence-corrected chi connectivity index (χ1v) is 15.2. The molecule has 3 aromatic heterocycles. The predicted molar refractivity (Wildman–Crippen MR) is 153 cm³/mol. The fraction of sp³-hybridized carbons (Fsp3) is 0.484. The second-order valence-corrected chi connectivity index (χ2v) is 13.1. The van der Waals surface area contributed by atoms with Gasteiger partial charge in [-0.3, -0.25) is 9.80 Å². The lowest BCUT2D eigenvalue weighted by Crippen LogP contribution is -2.18. The summed E-state index contributed by atoms with van der Waals surface area (Å²) < 4.78 is 0. The fourth-order valence-corrected chi connectivity index (χ4v) is 8.90. The van der Waals surface area contributed by atoms with Gasteiger partial charge in [-0.1, -0.05) is 12.1 Å². The van der Waals surface area contributed by atoms with Gasteiger partial charge in [0.1, 0.15) is 11.6 Å². The van der Waals surface area contributed by atoms with Crippen molar-refractivity contribution in [3.05, 3.63) is 59.4 Å². The molecule has 2 bridgehead atoms. The number of hydrogen-bond acceptors (Lipinski definition) is 5. The summed E-state index contributed by atoms with van der Waals surface area (Å²) >= 11 is 1.90. The molecule has 6 nitrogen and oxygen atoms in total. The van der Waals surface area contributed by atoms with Crippen molar-refractivity contribution in [2.45, 2.75) is 68.9 Å². The van der Waals surface area contributed by atoms with Crippen molar-refractivity contribution < 1.29 is 0 Å². The number of nitrogens with one attached hydrogen (secondary N) is 2. The van der Waals surface area contributed by atoms with E-state index in [2.05, 4.69) is 64.3 Å². The molecule has 2 saturated heterocycles. The van der Waals surface area contributed by atoms with E-state index in [0.717, 1.165) is 30.4 Å². The summed E-state index contributed by atoms with van der Waals surface area (Å²) in [6, 6.07) is 10.2. The summed E-state index contributed by atoms with van der Waals surface area (Å²) in [7, 11) is 4.43. The Morgan fingerprint density at radius 2 is 1.29 bits per heavy atom. The highest BCUT2D eigenvalue weighted by molar-refractivity contribution is 7.18. The third kappa shape index (κ3) is 3.59. The third-order valence-electron chi connectivity index (χ3n) is 9.83. The summed E-state index contributed by atoms with van der Waals surface area (Å²) in [4.78, 5) is 24.5. The van der Waals surface area contributed by atoms with Gasteiger partial charge in [-0.15, -0.1) is 11.3 Å². The summed E-state index contributed by atoms with van der Waals surface area (Å²) in [6.45, 7) is 2.32. The van der Waals surface area contributed by atoms with Gasteiger partial charge in [0.2, 0.25) is 0 Å². The van der Waals surface area contributed by atoms with Crippen LogP contribution in [0.15, 0.2) is 36.7 Å². The molecule has 0 amide bonds. The lowest BCUT2D eigenvalue weighted by molar-refractivity contribution is 0.307. The van der Waals surface area contributed by atoms with Crippen molar-refractivity contribution in [3.63, 3.8) is 0 Å². The van der Waals surface area contributed by atoms with E-state index in [1.54, 1.807) is 11.1 Å². The summed E-state index contributed by atoms with van der Waals surface area (Å²) in [5.74, 6) is 3.62. The molecule has 1 aromatic carbocycles. The number of likely N-dealkylation sites (tertiary alicyclic amines) is 2. The molecular formula is C31H36N6S. The molecule has 7 heteroatoms. The second kappa shape index (κ2) is 8.90. The number of hydrogen-bond donors (Lipinski definition) is 2. The molecule has 38 heavy (non-hydrogen) atoms. The normalized spacial score (nSPS) is 27.1. The number of benzene rings is 1. The highest BCUT2D eigenvalue weighted by Gasteiger charge is 2.41. The Morgan fingerprint density at radius 1 is 0.711 bits per heavy atom. The molecule has 3 fully saturated rings. The van der Waals surface area contributed by atoms with Crippen molar-refractivity contribution in [3.8, 4) is 32.3 Å². The molecule has 2 aliphatic heterocycles. The van der Waals surface area contributed by atoms with Crippen LogP contribution in [0.5, 0.6) is 0 Å². The highest BCUT2D eigenvalue weighted by atomic mass is 32.1. The minimum absolute atomic E-state index is 0.423. The number of thiophene rings is 1. The summed E-state index contributed by atoms with van der Waals surface area (Å²) in [5.41, 5.74) is 8.37. The Morgan fingerprint density at radius 3 is 1.95 bits per heavy atom. The van der Waals surface area contributed by atoms with Crippen LogP contribution in [0.1, 0.15) is 91.6 Å². The van der Waals surface area contributed by atoms with Gasteiger partial charge in [0.25, 0.3) is 0 Å². The van der Waals surface area contributed by atoms with Crippen LogP contribution in [0, 0.1) is 0 Å². The van der Waals surface area contributed by atoms with Crippen molar-refractivity contribution >= 4 is 11.3 Å². The Labute approximate surface area is 228 Å². The van der Waals surface area contributed by atoms with Crippen LogP contribution in [0.2, 0.25) is 0 Å². The van der Waals surface area contributed by atoms with Crippen molar-refractivity contribution in [1.82, 2.24) is 29.7 Å². The number of fused-ring (bicyclic) bond motifs is 5. The Kier molecular flexibility index (Phi) is 5.43. The summed E-state index contributed by atoms with van der Waals surface area (Å²) in [5, 5.41) is 0. The number of aromatic amines is 2. The van der Waals surface area contributed by atoms with E-state index < -0.39 is 0 Å². The molecule has 0 radical (unpaired) electrons. The van der Waals surface area contributed by atoms with Gasteiger partial charge in [0.15, 0.2) is 0 Å². The first-order chi connectivity index (χ1) is 18.6. The van der Waals surface area contributed by atoms with Crippen LogP contribution in [-0.2, 0) is 0 Å². The standard InChI is InChI=1S/C31H36N6S/c1-36-13-3-5-24(36)30-32-16-22(34-30)20-9-10-21(29-19-8-7-18(15-19)28(20)29)26-11-12-27(38-26)23-17-33-31(35-23)25-6-4-14-37(25)2/h9-12,16-19,24-25H,3-8,13-15H2,1-2H3,(H,32,34)(H,33,35)/t18?,19?,24?,25-/m0/s1. The topological polar surface area (TPSA) is 63.8 Å². The maximum Gasteiger partial charge on any atom is 0.123 e. The smallest absolute Gasteiger partial charge is 0.123 e. The Bertz CT molecular complexity index is 1500. The average Bonchev–Trinajstić information content (AvgIpc) is 3.76. The lowest BCUT2D eigenvalue weighted by Gasteiger charge is -2.22. The molecule has 8 rings (SSSR count). The van der Waals surface area contributed by atoms with E-state index in [0.29, 0.717) is 23.9 Å². The van der Waals surface area contributed by atoms with Crippen LogP contribution in [0.4, 0.5) is 0 Å². The van der Waals surface area contributed by atoms with Crippen LogP contribution >= 0.6 is 11.3 Å². The van der Waals surface area contributed by atoms with Crippen LogP contribution in [0.3, 0.4) is 0 Å². The Hall–Kier alpha value is -2.74. The maximum atomic E-state index is 4.86. The van der Waals surface area contributed by atoms with Crippen molar-refractivity contribution in [2.75, 3.05) is 27.2 Å². The minimum Gasteiger partial charge on any atom is -0.341 e. The zero-order valence-electron chi connectivity index (χ0n) is 22.3. The third-order valence-corrected chi connectivity index (χ3v) is 11.0. The highest BCUT2D eigenvalue weighted by Crippen LogP contribution is 2.58. The quantitative estimate of drug-likeness (QED) is 0.292. The zero-order valence-corrected chi connectivity index (χ0v) is 23.2. The largest absolute Gasteiger partial charge is 0.341 e. The molecule has 5 heterocycles. The molecule has 4 aromatic rings. The van der Waals surface area contributed by atoms with Gasteiger partial charge < -0.3 is 9.97 Å². The molecule has 2 aliphatic carbocycles. The van der Waals surface area contributed by atoms with Crippen LogP contribution < -0.4 is 0 Å².